The van der Waals surface area contributed by atoms with Crippen LogP contribution in [0.1, 0.15) is 32.7 Å². The number of hydrogen-bond donors (Lipinski definition) is 2. The fraction of sp³-hybridized carbons (Fsp3) is 0.583. The summed E-state index contributed by atoms with van der Waals surface area (Å²) in [6.45, 7) is 4.56. The lowest BCUT2D eigenvalue weighted by molar-refractivity contribution is -0.123. The molecule has 6 heteroatoms. The monoisotopic (exact) mass is 250 g/mol. The van der Waals surface area contributed by atoms with Gasteiger partial charge in [0.1, 0.15) is 6.04 Å². The fourth-order valence-corrected chi connectivity index (χ4v) is 2.01. The molecule has 18 heavy (non-hydrogen) atoms. The van der Waals surface area contributed by atoms with Gasteiger partial charge in [-0.1, -0.05) is 0 Å². The summed E-state index contributed by atoms with van der Waals surface area (Å²) >= 11 is 0. The van der Waals surface area contributed by atoms with E-state index in [1.54, 1.807) is 17.0 Å². The second-order valence-electron chi connectivity index (χ2n) is 4.71. The average Bonchev–Trinajstić information content (AvgIpc) is 2.34. The van der Waals surface area contributed by atoms with Crippen molar-refractivity contribution in [1.82, 2.24) is 14.9 Å². The first-order chi connectivity index (χ1) is 8.59. The van der Waals surface area contributed by atoms with Gasteiger partial charge in [0.15, 0.2) is 5.82 Å². The van der Waals surface area contributed by atoms with E-state index in [9.17, 15) is 9.59 Å². The standard InChI is InChI=1S/C12H18N4O2/c1-8(2)16-7-6-13-10(12(16)18)15-9-4-3-5-14-11(9)17/h6-9H,3-5H2,1-2H3,(H,13,15)(H,14,17). The van der Waals surface area contributed by atoms with E-state index >= 15 is 0 Å². The fourth-order valence-electron chi connectivity index (χ4n) is 2.01. The van der Waals surface area contributed by atoms with Gasteiger partial charge in [0.05, 0.1) is 0 Å². The van der Waals surface area contributed by atoms with Gasteiger partial charge in [-0.05, 0) is 26.7 Å². The van der Waals surface area contributed by atoms with Crippen molar-refractivity contribution in [3.05, 3.63) is 22.7 Å². The van der Waals surface area contributed by atoms with Gasteiger partial charge in [0, 0.05) is 25.0 Å². The Morgan fingerprint density at radius 1 is 1.50 bits per heavy atom. The molecular formula is C12H18N4O2. The third-order valence-electron chi connectivity index (χ3n) is 3.02. The minimum absolute atomic E-state index is 0.0672. The van der Waals surface area contributed by atoms with Crippen molar-refractivity contribution >= 4 is 11.7 Å². The zero-order chi connectivity index (χ0) is 13.1. The molecule has 1 aromatic rings. The van der Waals surface area contributed by atoms with E-state index < -0.39 is 0 Å². The topological polar surface area (TPSA) is 76.0 Å². The number of aromatic nitrogens is 2. The van der Waals surface area contributed by atoms with Crippen LogP contribution < -0.4 is 16.2 Å². The first-order valence-electron chi connectivity index (χ1n) is 6.21. The number of nitrogens with one attached hydrogen (secondary N) is 2. The number of anilines is 1. The first kappa shape index (κ1) is 12.6. The Labute approximate surface area is 105 Å². The summed E-state index contributed by atoms with van der Waals surface area (Å²) in [5, 5.41) is 5.71. The van der Waals surface area contributed by atoms with E-state index in [1.807, 2.05) is 13.8 Å². The summed E-state index contributed by atoms with van der Waals surface area (Å²) in [6, 6.07) is -0.289. The van der Waals surface area contributed by atoms with Crippen LogP contribution >= 0.6 is 0 Å². The Balaban J connectivity index is 2.21. The van der Waals surface area contributed by atoms with Crippen LogP contribution in [0.4, 0.5) is 5.82 Å². The van der Waals surface area contributed by atoms with Crippen LogP contribution in [0.3, 0.4) is 0 Å². The van der Waals surface area contributed by atoms with Crippen molar-refractivity contribution in [1.29, 1.82) is 0 Å². The molecule has 0 spiro atoms. The van der Waals surface area contributed by atoms with Crippen molar-refractivity contribution in [2.75, 3.05) is 11.9 Å². The number of nitrogens with zero attached hydrogens (tertiary/aromatic N) is 2. The van der Waals surface area contributed by atoms with Gasteiger partial charge in [-0.15, -0.1) is 0 Å². The highest BCUT2D eigenvalue weighted by Gasteiger charge is 2.23. The molecule has 0 radical (unpaired) electrons. The molecule has 0 aliphatic carbocycles. The van der Waals surface area contributed by atoms with Gasteiger partial charge < -0.3 is 15.2 Å². The SMILES string of the molecule is CC(C)n1ccnc(NC2CCCNC2=O)c1=O. The van der Waals surface area contributed by atoms with Crippen LogP contribution in [0, 0.1) is 0 Å². The van der Waals surface area contributed by atoms with Gasteiger partial charge in [-0.25, -0.2) is 4.98 Å². The quantitative estimate of drug-likeness (QED) is 0.819. The largest absolute Gasteiger partial charge is 0.354 e. The molecule has 1 aromatic heterocycles. The maximum absolute atomic E-state index is 12.1. The molecule has 98 valence electrons. The highest BCUT2D eigenvalue weighted by molar-refractivity contribution is 5.84. The molecule has 2 heterocycles. The summed E-state index contributed by atoms with van der Waals surface area (Å²) in [6.07, 6.45) is 4.86. The van der Waals surface area contributed by atoms with Crippen LogP contribution in [0.2, 0.25) is 0 Å². The van der Waals surface area contributed by atoms with Crippen LogP contribution in [-0.2, 0) is 4.79 Å². The Hall–Kier alpha value is -1.85. The molecule has 1 amide bonds. The van der Waals surface area contributed by atoms with E-state index in [4.69, 9.17) is 0 Å². The average molecular weight is 250 g/mol. The van der Waals surface area contributed by atoms with E-state index in [2.05, 4.69) is 15.6 Å². The van der Waals surface area contributed by atoms with Crippen molar-refractivity contribution in [3.63, 3.8) is 0 Å². The Morgan fingerprint density at radius 2 is 2.28 bits per heavy atom. The van der Waals surface area contributed by atoms with Crippen molar-refractivity contribution < 1.29 is 4.79 Å². The molecule has 1 fully saturated rings. The van der Waals surface area contributed by atoms with Gasteiger partial charge in [-0.3, -0.25) is 9.59 Å². The molecule has 2 N–H and O–H groups in total. The molecule has 1 aliphatic heterocycles. The maximum atomic E-state index is 12.1. The van der Waals surface area contributed by atoms with Crippen LogP contribution in [0.15, 0.2) is 17.2 Å². The summed E-state index contributed by atoms with van der Waals surface area (Å²) < 4.78 is 1.59. The number of hydrogen-bond acceptors (Lipinski definition) is 4. The number of amides is 1. The molecule has 0 aromatic carbocycles. The highest BCUT2D eigenvalue weighted by Crippen LogP contribution is 2.08. The smallest absolute Gasteiger partial charge is 0.293 e. The van der Waals surface area contributed by atoms with Crippen LogP contribution in [0.25, 0.3) is 0 Å². The second-order valence-corrected chi connectivity index (χ2v) is 4.71. The lowest BCUT2D eigenvalue weighted by atomic mass is 10.1. The summed E-state index contributed by atoms with van der Waals surface area (Å²) in [4.78, 5) is 27.7. The Bertz CT molecular complexity index is 495. The highest BCUT2D eigenvalue weighted by atomic mass is 16.2. The van der Waals surface area contributed by atoms with Gasteiger partial charge in [0.2, 0.25) is 5.91 Å². The normalized spacial score (nSPS) is 19.7. The molecule has 2 rings (SSSR count). The molecule has 6 nitrogen and oxygen atoms in total. The molecule has 1 aliphatic rings. The second kappa shape index (κ2) is 5.20. The van der Waals surface area contributed by atoms with Crippen molar-refractivity contribution in [3.8, 4) is 0 Å². The lowest BCUT2D eigenvalue weighted by Crippen LogP contribution is -2.45. The van der Waals surface area contributed by atoms with Gasteiger partial charge in [-0.2, -0.15) is 0 Å². The zero-order valence-electron chi connectivity index (χ0n) is 10.6. The maximum Gasteiger partial charge on any atom is 0.293 e. The summed E-state index contributed by atoms with van der Waals surface area (Å²) in [5.74, 6) is 0.177. The minimum atomic E-state index is -0.359. The van der Waals surface area contributed by atoms with Crippen molar-refractivity contribution in [2.45, 2.75) is 38.8 Å². The van der Waals surface area contributed by atoms with Gasteiger partial charge in [0.25, 0.3) is 5.56 Å². The Kier molecular flexibility index (Phi) is 3.64. The molecule has 1 atom stereocenters. The summed E-state index contributed by atoms with van der Waals surface area (Å²) in [7, 11) is 0. The molecule has 0 bridgehead atoms. The van der Waals surface area contributed by atoms with Crippen molar-refractivity contribution in [2.24, 2.45) is 0 Å². The third kappa shape index (κ3) is 2.52. The molecular weight excluding hydrogens is 232 g/mol. The Morgan fingerprint density at radius 3 is 2.94 bits per heavy atom. The molecule has 0 saturated carbocycles. The lowest BCUT2D eigenvalue weighted by Gasteiger charge is -2.23. The minimum Gasteiger partial charge on any atom is -0.354 e. The predicted octanol–water partition coefficient (Wildman–Crippen LogP) is 0.515. The van der Waals surface area contributed by atoms with E-state index in [0.717, 1.165) is 12.8 Å². The zero-order valence-corrected chi connectivity index (χ0v) is 10.6. The van der Waals surface area contributed by atoms with E-state index in [1.165, 1.54) is 0 Å². The molecule has 1 saturated heterocycles. The first-order valence-corrected chi connectivity index (χ1v) is 6.21. The summed E-state index contributed by atoms with van der Waals surface area (Å²) in [5.41, 5.74) is -0.189. The molecule has 1 unspecified atom stereocenters. The number of piperidine rings is 1. The third-order valence-corrected chi connectivity index (χ3v) is 3.02. The van der Waals surface area contributed by atoms with Gasteiger partial charge >= 0.3 is 0 Å². The number of carbonyl (C=O) groups is 1. The number of rotatable bonds is 3. The van der Waals surface area contributed by atoms with Crippen LogP contribution in [-0.4, -0.2) is 28.0 Å². The van der Waals surface area contributed by atoms with E-state index in [-0.39, 0.29) is 29.4 Å². The predicted molar refractivity (Wildman–Crippen MR) is 68.5 cm³/mol. The number of carbonyl (C=O) groups excluding carboxylic acids is 1. The van der Waals surface area contributed by atoms with Crippen LogP contribution in [0.5, 0.6) is 0 Å². The van der Waals surface area contributed by atoms with E-state index in [0.29, 0.717) is 6.54 Å².